The van der Waals surface area contributed by atoms with E-state index in [0.29, 0.717) is 0 Å². The summed E-state index contributed by atoms with van der Waals surface area (Å²) in [6, 6.07) is 1.18. The molecule has 1 fully saturated rings. The zero-order valence-electron chi connectivity index (χ0n) is 6.74. The van der Waals surface area contributed by atoms with Gasteiger partial charge in [0.05, 0.1) is 0 Å². The van der Waals surface area contributed by atoms with Crippen molar-refractivity contribution in [2.75, 3.05) is 13.2 Å². The quantitative estimate of drug-likeness (QED) is 0.546. The van der Waals surface area contributed by atoms with Crippen LogP contribution < -0.4 is 5.73 Å². The lowest BCUT2D eigenvalue weighted by Crippen LogP contribution is -2.53. The number of nitrogens with two attached hydrogens (primary N) is 1. The first-order valence-electron chi connectivity index (χ1n) is 3.57. The van der Waals surface area contributed by atoms with Crippen molar-refractivity contribution in [1.29, 1.82) is 5.26 Å². The third-order valence-corrected chi connectivity index (χ3v) is 1.54. The lowest BCUT2D eigenvalue weighted by atomic mass is 10.0. The van der Waals surface area contributed by atoms with E-state index in [-0.39, 0.29) is 13.2 Å². The lowest BCUT2D eigenvalue weighted by molar-refractivity contribution is -0.193. The minimum absolute atomic E-state index is 0.141. The van der Waals surface area contributed by atoms with Gasteiger partial charge in [-0.15, -0.1) is 0 Å². The van der Waals surface area contributed by atoms with Crippen molar-refractivity contribution < 1.29 is 14.3 Å². The van der Waals surface area contributed by atoms with Crippen molar-refractivity contribution in [2.24, 2.45) is 5.73 Å². The molecule has 12 heavy (non-hydrogen) atoms. The summed E-state index contributed by atoms with van der Waals surface area (Å²) in [4.78, 5) is 11.0. The molecule has 1 atom stereocenters. The standard InChI is InChI=1S/C7H10N2O3/c1-5(9)6(10)12-7(2-8)3-11-4-7/h5H,3-4,9H2,1H3. The van der Waals surface area contributed by atoms with Crippen LogP contribution in [-0.4, -0.2) is 30.8 Å². The Hall–Kier alpha value is -1.12. The zero-order valence-corrected chi connectivity index (χ0v) is 6.74. The minimum atomic E-state index is -1.08. The minimum Gasteiger partial charge on any atom is -0.437 e. The number of hydrogen-bond donors (Lipinski definition) is 1. The maximum Gasteiger partial charge on any atom is 0.324 e. The summed E-state index contributed by atoms with van der Waals surface area (Å²) >= 11 is 0. The highest BCUT2D eigenvalue weighted by Gasteiger charge is 2.43. The fourth-order valence-electron chi connectivity index (χ4n) is 0.719. The van der Waals surface area contributed by atoms with Crippen molar-refractivity contribution in [3.8, 4) is 6.07 Å². The van der Waals surface area contributed by atoms with Crippen LogP contribution in [0.15, 0.2) is 0 Å². The second-order valence-electron chi connectivity index (χ2n) is 2.81. The Bertz CT molecular complexity index is 227. The maximum absolute atomic E-state index is 11.0. The molecule has 0 radical (unpaired) electrons. The number of nitriles is 1. The molecule has 0 spiro atoms. The molecule has 0 aromatic rings. The van der Waals surface area contributed by atoms with Crippen LogP contribution in [-0.2, 0) is 14.3 Å². The van der Waals surface area contributed by atoms with Gasteiger partial charge in [-0.3, -0.25) is 4.79 Å². The first-order valence-corrected chi connectivity index (χ1v) is 3.57. The summed E-state index contributed by atoms with van der Waals surface area (Å²) in [5.41, 5.74) is 4.17. The van der Waals surface area contributed by atoms with Crippen LogP contribution in [0, 0.1) is 11.3 Å². The first kappa shape index (κ1) is 8.97. The van der Waals surface area contributed by atoms with E-state index in [1.54, 1.807) is 0 Å². The molecular formula is C7H10N2O3. The SMILES string of the molecule is CC(N)C(=O)OC1(C#N)COC1. The maximum atomic E-state index is 11.0. The molecule has 0 saturated carbocycles. The number of carbonyl (C=O) groups excluding carboxylic acids is 1. The summed E-state index contributed by atoms with van der Waals surface area (Å²) in [5, 5.41) is 8.62. The Morgan fingerprint density at radius 2 is 2.42 bits per heavy atom. The average molecular weight is 170 g/mol. The monoisotopic (exact) mass is 170 g/mol. The molecule has 1 rings (SSSR count). The highest BCUT2D eigenvalue weighted by molar-refractivity contribution is 5.75. The Morgan fingerprint density at radius 1 is 1.83 bits per heavy atom. The third kappa shape index (κ3) is 1.55. The summed E-state index contributed by atoms with van der Waals surface area (Å²) in [6.45, 7) is 1.79. The Morgan fingerprint density at radius 3 is 2.67 bits per heavy atom. The number of carbonyl (C=O) groups is 1. The Kier molecular flexibility index (Phi) is 2.31. The fraction of sp³-hybridized carbons (Fsp3) is 0.714. The molecular weight excluding hydrogens is 160 g/mol. The molecule has 0 aromatic carbocycles. The third-order valence-electron chi connectivity index (χ3n) is 1.54. The van der Waals surface area contributed by atoms with Crippen molar-refractivity contribution >= 4 is 5.97 Å². The van der Waals surface area contributed by atoms with E-state index in [1.165, 1.54) is 6.92 Å². The molecule has 66 valence electrons. The Labute approximate surface area is 70.0 Å². The van der Waals surface area contributed by atoms with E-state index in [2.05, 4.69) is 0 Å². The smallest absolute Gasteiger partial charge is 0.324 e. The number of hydrogen-bond acceptors (Lipinski definition) is 5. The molecule has 0 amide bonds. The summed E-state index contributed by atoms with van der Waals surface area (Å²) < 4.78 is 9.60. The van der Waals surface area contributed by atoms with E-state index in [9.17, 15) is 4.79 Å². The van der Waals surface area contributed by atoms with Gasteiger partial charge in [-0.25, -0.2) is 0 Å². The predicted octanol–water partition coefficient (Wildman–Crippen LogP) is -0.831. The molecule has 0 aromatic heterocycles. The van der Waals surface area contributed by atoms with Gasteiger partial charge in [0, 0.05) is 0 Å². The lowest BCUT2D eigenvalue weighted by Gasteiger charge is -2.34. The van der Waals surface area contributed by atoms with Crippen molar-refractivity contribution in [1.82, 2.24) is 0 Å². The summed E-state index contributed by atoms with van der Waals surface area (Å²) in [6.07, 6.45) is 0. The summed E-state index contributed by atoms with van der Waals surface area (Å²) in [5.74, 6) is -0.570. The van der Waals surface area contributed by atoms with Gasteiger partial charge in [0.25, 0.3) is 0 Å². The van der Waals surface area contributed by atoms with Gasteiger partial charge in [-0.1, -0.05) is 0 Å². The van der Waals surface area contributed by atoms with Crippen molar-refractivity contribution in [3.63, 3.8) is 0 Å². The fourth-order valence-corrected chi connectivity index (χ4v) is 0.719. The molecule has 5 nitrogen and oxygen atoms in total. The number of rotatable bonds is 2. The van der Waals surface area contributed by atoms with Crippen molar-refractivity contribution in [2.45, 2.75) is 18.6 Å². The molecule has 1 saturated heterocycles. The van der Waals surface area contributed by atoms with Crippen LogP contribution in [0.5, 0.6) is 0 Å². The van der Waals surface area contributed by atoms with Crippen molar-refractivity contribution in [3.05, 3.63) is 0 Å². The highest BCUT2D eigenvalue weighted by Crippen LogP contribution is 2.20. The van der Waals surface area contributed by atoms with Gasteiger partial charge >= 0.3 is 5.97 Å². The molecule has 1 aliphatic rings. The topological polar surface area (TPSA) is 85.3 Å². The van der Waals surface area contributed by atoms with E-state index >= 15 is 0 Å². The molecule has 0 aliphatic carbocycles. The van der Waals surface area contributed by atoms with Gasteiger partial charge < -0.3 is 15.2 Å². The second kappa shape index (κ2) is 3.09. The number of esters is 1. The van der Waals surface area contributed by atoms with Crippen LogP contribution in [0.4, 0.5) is 0 Å². The predicted molar refractivity (Wildman–Crippen MR) is 38.9 cm³/mol. The second-order valence-corrected chi connectivity index (χ2v) is 2.81. The van der Waals surface area contributed by atoms with E-state index in [0.717, 1.165) is 0 Å². The largest absolute Gasteiger partial charge is 0.437 e. The first-order chi connectivity index (χ1) is 5.59. The van der Waals surface area contributed by atoms with Crippen LogP contribution in [0.2, 0.25) is 0 Å². The molecule has 1 aliphatic heterocycles. The molecule has 2 N–H and O–H groups in total. The van der Waals surface area contributed by atoms with Crippen LogP contribution in [0.1, 0.15) is 6.92 Å². The molecule has 0 bridgehead atoms. The molecule has 5 heteroatoms. The summed E-state index contributed by atoms with van der Waals surface area (Å²) in [7, 11) is 0. The van der Waals surface area contributed by atoms with Crippen LogP contribution >= 0.6 is 0 Å². The molecule has 1 heterocycles. The zero-order chi connectivity index (χ0) is 9.19. The highest BCUT2D eigenvalue weighted by atomic mass is 16.6. The van der Waals surface area contributed by atoms with Crippen LogP contribution in [0.25, 0.3) is 0 Å². The number of ether oxygens (including phenoxy) is 2. The average Bonchev–Trinajstić information content (AvgIpc) is 1.96. The van der Waals surface area contributed by atoms with E-state index in [4.69, 9.17) is 20.5 Å². The van der Waals surface area contributed by atoms with E-state index in [1.807, 2.05) is 6.07 Å². The molecule has 1 unspecified atom stereocenters. The van der Waals surface area contributed by atoms with Gasteiger partial charge in [0.1, 0.15) is 25.3 Å². The van der Waals surface area contributed by atoms with Gasteiger partial charge in [0.15, 0.2) is 0 Å². The number of nitrogens with zero attached hydrogens (tertiary/aromatic N) is 1. The van der Waals surface area contributed by atoms with Gasteiger partial charge in [0.2, 0.25) is 5.60 Å². The van der Waals surface area contributed by atoms with Crippen LogP contribution in [0.3, 0.4) is 0 Å². The van der Waals surface area contributed by atoms with E-state index < -0.39 is 17.6 Å². The van der Waals surface area contributed by atoms with Gasteiger partial charge in [-0.2, -0.15) is 5.26 Å². The normalized spacial score (nSPS) is 21.8. The van der Waals surface area contributed by atoms with Gasteiger partial charge in [-0.05, 0) is 6.92 Å². The Balaban J connectivity index is 2.50.